The highest BCUT2D eigenvalue weighted by molar-refractivity contribution is 6.06. The van der Waals surface area contributed by atoms with Crippen LogP contribution in [0.2, 0.25) is 0 Å². The van der Waals surface area contributed by atoms with Gasteiger partial charge in [-0.05, 0) is 23.8 Å². The number of fused-ring (bicyclic) bond motifs is 5. The van der Waals surface area contributed by atoms with Gasteiger partial charge in [-0.3, -0.25) is 9.47 Å². The zero-order valence-corrected chi connectivity index (χ0v) is 9.65. The van der Waals surface area contributed by atoms with E-state index in [9.17, 15) is 9.90 Å². The van der Waals surface area contributed by atoms with Crippen molar-refractivity contribution in [1.82, 2.24) is 4.68 Å². The molecular weight excluding hydrogens is 228 g/mol. The van der Waals surface area contributed by atoms with Crippen LogP contribution < -0.4 is 5.01 Å². The second kappa shape index (κ2) is 3.23. The maximum atomic E-state index is 12.4. The number of aliphatic hydroxyl groups excluding tert-OH is 1. The molecule has 3 heterocycles. The van der Waals surface area contributed by atoms with Crippen molar-refractivity contribution in [2.75, 3.05) is 5.01 Å². The molecule has 0 unspecified atom stereocenters. The molecule has 4 heteroatoms. The normalized spacial score (nSPS) is 24.7. The maximum Gasteiger partial charge on any atom is 0.273 e. The van der Waals surface area contributed by atoms with Crippen LogP contribution in [0.15, 0.2) is 42.6 Å². The summed E-state index contributed by atoms with van der Waals surface area (Å²) < 4.78 is 1.78. The lowest BCUT2D eigenvalue weighted by atomic mass is 9.98. The molecule has 0 spiro atoms. The monoisotopic (exact) mass is 240 g/mol. The third-order valence-corrected chi connectivity index (χ3v) is 3.83. The van der Waals surface area contributed by atoms with E-state index in [1.54, 1.807) is 9.69 Å². The first-order valence-corrected chi connectivity index (χ1v) is 6.05. The van der Waals surface area contributed by atoms with Crippen LogP contribution in [-0.2, 0) is 0 Å². The van der Waals surface area contributed by atoms with Crippen LogP contribution in [0.25, 0.3) is 0 Å². The van der Waals surface area contributed by atoms with Crippen molar-refractivity contribution in [2.24, 2.45) is 0 Å². The zero-order chi connectivity index (χ0) is 12.3. The van der Waals surface area contributed by atoms with Gasteiger partial charge in [0.15, 0.2) is 0 Å². The molecule has 1 aromatic heterocycles. The lowest BCUT2D eigenvalue weighted by Crippen LogP contribution is -2.43. The van der Waals surface area contributed by atoms with Crippen molar-refractivity contribution >= 4 is 5.91 Å². The predicted molar refractivity (Wildman–Crippen MR) is 65.7 cm³/mol. The Morgan fingerprint density at radius 3 is 2.89 bits per heavy atom. The Bertz CT molecular complexity index is 647. The molecule has 2 atom stereocenters. The van der Waals surface area contributed by atoms with Crippen LogP contribution in [0.1, 0.15) is 40.2 Å². The molecule has 4 nitrogen and oxygen atoms in total. The molecule has 18 heavy (non-hydrogen) atoms. The minimum atomic E-state index is -0.514. The molecule has 90 valence electrons. The molecule has 0 bridgehead atoms. The Morgan fingerprint density at radius 2 is 2.00 bits per heavy atom. The third-order valence-electron chi connectivity index (χ3n) is 3.83. The SMILES string of the molecule is O=C1c2ccccc2[C@@H]2C[C@H](O)c3cccn3N12. The summed E-state index contributed by atoms with van der Waals surface area (Å²) in [6, 6.07) is 11.3. The number of carbonyl (C=O) groups excluding carboxylic acids is 1. The number of aliphatic hydroxyl groups is 1. The van der Waals surface area contributed by atoms with Crippen molar-refractivity contribution < 1.29 is 9.90 Å². The first-order chi connectivity index (χ1) is 8.77. The number of benzene rings is 1. The van der Waals surface area contributed by atoms with Gasteiger partial charge >= 0.3 is 0 Å². The topological polar surface area (TPSA) is 45.5 Å². The number of hydrogen-bond donors (Lipinski definition) is 1. The van der Waals surface area contributed by atoms with Gasteiger partial charge < -0.3 is 5.11 Å². The van der Waals surface area contributed by atoms with Gasteiger partial charge in [0.1, 0.15) is 0 Å². The average Bonchev–Trinajstić information content (AvgIpc) is 2.95. The van der Waals surface area contributed by atoms with E-state index in [-0.39, 0.29) is 11.9 Å². The highest BCUT2D eigenvalue weighted by atomic mass is 16.3. The van der Waals surface area contributed by atoms with Crippen molar-refractivity contribution in [3.05, 3.63) is 59.4 Å². The molecule has 4 rings (SSSR count). The molecule has 0 radical (unpaired) electrons. The summed E-state index contributed by atoms with van der Waals surface area (Å²) in [6.07, 6.45) is 1.88. The fourth-order valence-corrected chi connectivity index (χ4v) is 3.03. The molecule has 0 saturated heterocycles. The Kier molecular flexibility index (Phi) is 1.78. The Labute approximate surface area is 104 Å². The van der Waals surface area contributed by atoms with Gasteiger partial charge in [-0.25, -0.2) is 5.01 Å². The van der Waals surface area contributed by atoms with E-state index in [1.807, 2.05) is 42.6 Å². The van der Waals surface area contributed by atoms with Crippen LogP contribution in [0.3, 0.4) is 0 Å². The third kappa shape index (κ3) is 1.06. The Morgan fingerprint density at radius 1 is 1.17 bits per heavy atom. The first-order valence-electron chi connectivity index (χ1n) is 6.05. The molecule has 2 aromatic rings. The van der Waals surface area contributed by atoms with Crippen LogP contribution in [0.5, 0.6) is 0 Å². The van der Waals surface area contributed by atoms with E-state index >= 15 is 0 Å². The molecule has 1 amide bonds. The number of hydrogen-bond acceptors (Lipinski definition) is 2. The number of aromatic nitrogens is 1. The van der Waals surface area contributed by atoms with Crippen molar-refractivity contribution in [3.8, 4) is 0 Å². The van der Waals surface area contributed by atoms with Crippen molar-refractivity contribution in [3.63, 3.8) is 0 Å². The van der Waals surface area contributed by atoms with Gasteiger partial charge in [-0.15, -0.1) is 0 Å². The first kappa shape index (κ1) is 9.91. The summed E-state index contributed by atoms with van der Waals surface area (Å²) in [5.41, 5.74) is 2.55. The van der Waals surface area contributed by atoms with E-state index in [2.05, 4.69) is 0 Å². The predicted octanol–water partition coefficient (Wildman–Crippen LogP) is 1.76. The van der Waals surface area contributed by atoms with E-state index in [1.165, 1.54) is 0 Å². The number of carbonyl (C=O) groups is 1. The zero-order valence-electron chi connectivity index (χ0n) is 9.65. The Balaban J connectivity index is 1.95. The van der Waals surface area contributed by atoms with Crippen molar-refractivity contribution in [2.45, 2.75) is 18.6 Å². The highest BCUT2D eigenvalue weighted by Crippen LogP contribution is 2.42. The fraction of sp³-hybridized carbons (Fsp3) is 0.214. The summed E-state index contributed by atoms with van der Waals surface area (Å²) in [5, 5.41) is 11.9. The lowest BCUT2D eigenvalue weighted by molar-refractivity contribution is 0.0888. The second-order valence-corrected chi connectivity index (χ2v) is 4.78. The highest BCUT2D eigenvalue weighted by Gasteiger charge is 2.43. The van der Waals surface area contributed by atoms with Crippen LogP contribution in [0.4, 0.5) is 0 Å². The minimum Gasteiger partial charge on any atom is -0.387 e. The molecule has 1 N–H and O–H groups in total. The van der Waals surface area contributed by atoms with Crippen LogP contribution >= 0.6 is 0 Å². The van der Waals surface area contributed by atoms with E-state index in [0.29, 0.717) is 6.42 Å². The average molecular weight is 240 g/mol. The quantitative estimate of drug-likeness (QED) is 0.762. The Hall–Kier alpha value is -2.07. The van der Waals surface area contributed by atoms with Crippen LogP contribution in [-0.4, -0.2) is 15.7 Å². The van der Waals surface area contributed by atoms with Gasteiger partial charge in [-0.1, -0.05) is 18.2 Å². The van der Waals surface area contributed by atoms with E-state index < -0.39 is 6.10 Å². The smallest absolute Gasteiger partial charge is 0.273 e. The summed E-state index contributed by atoms with van der Waals surface area (Å²) in [4.78, 5) is 12.4. The van der Waals surface area contributed by atoms with Gasteiger partial charge in [0.05, 0.1) is 17.8 Å². The summed E-state index contributed by atoms with van der Waals surface area (Å²) in [6.45, 7) is 0. The maximum absolute atomic E-state index is 12.4. The second-order valence-electron chi connectivity index (χ2n) is 4.78. The van der Waals surface area contributed by atoms with Gasteiger partial charge in [-0.2, -0.15) is 0 Å². The summed E-state index contributed by atoms with van der Waals surface area (Å²) in [7, 11) is 0. The number of rotatable bonds is 0. The minimum absolute atomic E-state index is 0.0138. The molecule has 2 aliphatic rings. The van der Waals surface area contributed by atoms with E-state index in [4.69, 9.17) is 0 Å². The molecule has 0 aliphatic carbocycles. The molecule has 0 saturated carbocycles. The molecule has 1 aromatic carbocycles. The van der Waals surface area contributed by atoms with Gasteiger partial charge in [0.25, 0.3) is 5.91 Å². The summed E-state index contributed by atoms with van der Waals surface area (Å²) in [5.74, 6) is 0.0138. The van der Waals surface area contributed by atoms with Crippen molar-refractivity contribution in [1.29, 1.82) is 0 Å². The lowest BCUT2D eigenvalue weighted by Gasteiger charge is -2.35. The number of nitrogens with zero attached hydrogens (tertiary/aromatic N) is 2. The molecule has 2 aliphatic heterocycles. The molecule has 0 fully saturated rings. The largest absolute Gasteiger partial charge is 0.387 e. The fourth-order valence-electron chi connectivity index (χ4n) is 3.03. The summed E-state index contributed by atoms with van der Waals surface area (Å²) >= 11 is 0. The molecular formula is C14H12N2O2. The van der Waals surface area contributed by atoms with Gasteiger partial charge in [0, 0.05) is 18.2 Å². The number of amides is 1. The van der Waals surface area contributed by atoms with E-state index in [0.717, 1.165) is 16.8 Å². The van der Waals surface area contributed by atoms with Gasteiger partial charge in [0.2, 0.25) is 0 Å². The van der Waals surface area contributed by atoms with Crippen LogP contribution in [0, 0.1) is 0 Å². The standard InChI is InChI=1S/C14H12N2O2/c17-13-8-12-9-4-1-2-5-10(9)14(18)16(12)15-7-3-6-11(13)15/h1-7,12-13,17H,8H2/t12-,13-/m0/s1.